The van der Waals surface area contributed by atoms with Crippen LogP contribution in [0.3, 0.4) is 0 Å². The van der Waals surface area contributed by atoms with Gasteiger partial charge in [-0.05, 0) is 60.7 Å². The summed E-state index contributed by atoms with van der Waals surface area (Å²) in [6.07, 6.45) is 5.69. The van der Waals surface area contributed by atoms with Crippen molar-refractivity contribution in [3.05, 3.63) is 85.5 Å². The van der Waals surface area contributed by atoms with Crippen LogP contribution in [0.2, 0.25) is 0 Å². The maximum atomic E-state index is 12.4. The molecule has 2 aromatic carbocycles. The third-order valence-electron chi connectivity index (χ3n) is 4.24. The molecule has 13 nitrogen and oxygen atoms in total. The summed E-state index contributed by atoms with van der Waals surface area (Å²) in [5.74, 6) is -0.0741. The van der Waals surface area contributed by atoms with Crippen molar-refractivity contribution >= 4 is 43.3 Å². The molecule has 4 aromatic rings. The van der Waals surface area contributed by atoms with E-state index in [9.17, 15) is 16.8 Å². The number of hydrogen-bond donors (Lipinski definition) is 3. The summed E-state index contributed by atoms with van der Waals surface area (Å²) in [6, 6.07) is 14.6. The van der Waals surface area contributed by atoms with Gasteiger partial charge in [0.15, 0.2) is 0 Å². The Morgan fingerprint density at radius 3 is 1.49 bits per heavy atom. The van der Waals surface area contributed by atoms with Crippen LogP contribution in [0.15, 0.2) is 106 Å². The molecule has 0 aliphatic carbocycles. The van der Waals surface area contributed by atoms with E-state index < -0.39 is 20.0 Å². The second-order valence-electron chi connectivity index (χ2n) is 6.69. The van der Waals surface area contributed by atoms with Crippen molar-refractivity contribution in [2.45, 2.75) is 9.79 Å². The van der Waals surface area contributed by atoms with Gasteiger partial charge >= 0.3 is 0 Å². The van der Waals surface area contributed by atoms with Crippen LogP contribution in [0.1, 0.15) is 0 Å². The Morgan fingerprint density at radius 2 is 1.03 bits per heavy atom. The first-order chi connectivity index (χ1) is 16.8. The van der Waals surface area contributed by atoms with Gasteiger partial charge in [0.05, 0.1) is 21.2 Å². The Bertz CT molecular complexity index is 1520. The van der Waals surface area contributed by atoms with Crippen LogP contribution in [0, 0.1) is 0 Å². The first-order valence-electron chi connectivity index (χ1n) is 9.78. The van der Waals surface area contributed by atoms with Crippen molar-refractivity contribution in [2.24, 2.45) is 10.3 Å². The zero-order valence-corrected chi connectivity index (χ0v) is 19.3. The summed E-state index contributed by atoms with van der Waals surface area (Å²) in [5.41, 5.74) is 3.54. The van der Waals surface area contributed by atoms with Crippen LogP contribution in [0.4, 0.5) is 23.3 Å². The molecule has 3 N–H and O–H groups in total. The van der Waals surface area contributed by atoms with E-state index in [2.05, 4.69) is 45.1 Å². The first-order valence-corrected chi connectivity index (χ1v) is 12.7. The fraction of sp³-hybridized carbons (Fsp3) is 0. The number of hydrogen-bond acceptors (Lipinski definition) is 10. The molecule has 0 saturated heterocycles. The van der Waals surface area contributed by atoms with Gasteiger partial charge in [0, 0.05) is 24.8 Å². The third-order valence-corrected chi connectivity index (χ3v) is 6.93. The molecule has 0 radical (unpaired) electrons. The molecule has 0 saturated carbocycles. The maximum Gasteiger partial charge on any atom is 0.264 e. The molecular weight excluding hydrogens is 494 g/mol. The van der Waals surface area contributed by atoms with Gasteiger partial charge in [-0.1, -0.05) is 5.22 Å². The van der Waals surface area contributed by atoms with Crippen LogP contribution >= 0.6 is 0 Å². The van der Waals surface area contributed by atoms with Gasteiger partial charge in [-0.3, -0.25) is 5.43 Å². The molecule has 0 bridgehead atoms. The van der Waals surface area contributed by atoms with Gasteiger partial charge in [0.2, 0.25) is 11.9 Å². The predicted octanol–water partition coefficient (Wildman–Crippen LogP) is 2.98. The lowest BCUT2D eigenvalue weighted by Crippen LogP contribution is -2.14. The number of sulfonamides is 2. The average Bonchev–Trinajstić information content (AvgIpc) is 2.85. The number of nitrogens with one attached hydrogen (secondary N) is 3. The second kappa shape index (κ2) is 10.2. The topological polar surface area (TPSA) is 181 Å². The molecule has 2 heterocycles. The molecule has 15 heteroatoms. The molecule has 4 rings (SSSR count). The highest BCUT2D eigenvalue weighted by Crippen LogP contribution is 2.20. The Morgan fingerprint density at radius 1 is 0.600 bits per heavy atom. The normalized spacial score (nSPS) is 11.8. The van der Waals surface area contributed by atoms with Crippen molar-refractivity contribution in [1.29, 1.82) is 0 Å². The van der Waals surface area contributed by atoms with Crippen LogP contribution in [-0.2, 0) is 20.0 Å². The number of anilines is 3. The van der Waals surface area contributed by atoms with Crippen LogP contribution in [0.5, 0.6) is 0 Å². The van der Waals surface area contributed by atoms with E-state index in [0.717, 1.165) is 0 Å². The van der Waals surface area contributed by atoms with Crippen molar-refractivity contribution in [1.82, 2.24) is 19.9 Å². The molecule has 178 valence electrons. The highest BCUT2D eigenvalue weighted by molar-refractivity contribution is 7.93. The molecule has 0 unspecified atom stereocenters. The molecule has 0 fully saturated rings. The summed E-state index contributed by atoms with van der Waals surface area (Å²) in [5, 5.41) is 7.80. The minimum atomic E-state index is -3.85. The monoisotopic (exact) mass is 511 g/mol. The van der Waals surface area contributed by atoms with E-state index in [-0.39, 0.29) is 21.7 Å². The van der Waals surface area contributed by atoms with Gasteiger partial charge in [0.25, 0.3) is 20.0 Å². The van der Waals surface area contributed by atoms with Crippen molar-refractivity contribution < 1.29 is 16.8 Å². The van der Waals surface area contributed by atoms with Gasteiger partial charge in [-0.15, -0.1) is 5.11 Å². The van der Waals surface area contributed by atoms with Gasteiger partial charge in [0.1, 0.15) is 0 Å². The van der Waals surface area contributed by atoms with Crippen molar-refractivity contribution in [3.8, 4) is 0 Å². The van der Waals surface area contributed by atoms with Crippen LogP contribution in [-0.4, -0.2) is 36.8 Å². The summed E-state index contributed by atoms with van der Waals surface area (Å²) in [4.78, 5) is 15.3. The molecule has 0 atom stereocenters. The molecule has 2 aromatic heterocycles. The van der Waals surface area contributed by atoms with Gasteiger partial charge < -0.3 is 0 Å². The molecular formula is C20H17N9O4S2. The second-order valence-corrected chi connectivity index (χ2v) is 10.1. The SMILES string of the molecule is O=S(=O)(Nc1ncccn1)c1ccc(N=NNc2ccc(S(=O)(=O)Nc3ncccn3)cc2)cc1. The summed E-state index contributed by atoms with van der Waals surface area (Å²) in [6.45, 7) is 0. The highest BCUT2D eigenvalue weighted by Gasteiger charge is 2.16. The van der Waals surface area contributed by atoms with Crippen LogP contribution in [0.25, 0.3) is 0 Å². The van der Waals surface area contributed by atoms with Crippen molar-refractivity contribution in [3.63, 3.8) is 0 Å². The Kier molecular flexibility index (Phi) is 6.88. The zero-order chi connectivity index (χ0) is 24.7. The molecule has 0 amide bonds. The molecule has 0 aliphatic rings. The van der Waals surface area contributed by atoms with Crippen LogP contribution < -0.4 is 14.9 Å². The molecule has 35 heavy (non-hydrogen) atoms. The van der Waals surface area contributed by atoms with E-state index in [0.29, 0.717) is 11.4 Å². The zero-order valence-electron chi connectivity index (χ0n) is 17.7. The number of aromatic nitrogens is 4. The predicted molar refractivity (Wildman–Crippen MR) is 127 cm³/mol. The maximum absolute atomic E-state index is 12.4. The first kappa shape index (κ1) is 23.7. The molecule has 0 aliphatic heterocycles. The number of rotatable bonds is 9. The Hall–Kier alpha value is -4.50. The lowest BCUT2D eigenvalue weighted by Gasteiger charge is -2.07. The highest BCUT2D eigenvalue weighted by atomic mass is 32.2. The van der Waals surface area contributed by atoms with E-state index >= 15 is 0 Å². The largest absolute Gasteiger partial charge is 0.264 e. The third kappa shape index (κ3) is 6.30. The number of nitrogens with zero attached hydrogens (tertiary/aromatic N) is 6. The van der Waals surface area contributed by atoms with E-state index in [1.165, 1.54) is 73.3 Å². The summed E-state index contributed by atoms with van der Waals surface area (Å²) in [7, 11) is -7.70. The minimum absolute atomic E-state index is 0.00294. The standard InChI is InChI=1S/C20H17N9O4S2/c30-34(31,27-19-21-11-1-12-22-19)17-7-3-15(4-8-17)25-29-26-16-5-9-18(10-6-16)35(32,33)28-20-23-13-2-14-24-20/h1-14H,(H,25,26)(H,21,22,27)(H,23,24,28). The van der Waals surface area contributed by atoms with Gasteiger partial charge in [-0.25, -0.2) is 46.2 Å². The Balaban J connectivity index is 1.36. The quantitative estimate of drug-likeness (QED) is 0.225. The summed E-state index contributed by atoms with van der Waals surface area (Å²) < 4.78 is 54.2. The fourth-order valence-electron chi connectivity index (χ4n) is 2.60. The lowest BCUT2D eigenvalue weighted by atomic mass is 10.3. The molecule has 0 spiro atoms. The van der Waals surface area contributed by atoms with E-state index in [1.54, 1.807) is 12.1 Å². The fourth-order valence-corrected chi connectivity index (χ4v) is 4.52. The van der Waals surface area contributed by atoms with E-state index in [4.69, 9.17) is 0 Å². The summed E-state index contributed by atoms with van der Waals surface area (Å²) >= 11 is 0. The van der Waals surface area contributed by atoms with E-state index in [1.807, 2.05) is 0 Å². The Labute approximate surface area is 200 Å². The average molecular weight is 512 g/mol. The lowest BCUT2D eigenvalue weighted by molar-refractivity contribution is 0.599. The smallest absolute Gasteiger partial charge is 0.260 e. The number of benzene rings is 2. The van der Waals surface area contributed by atoms with Gasteiger partial charge in [-0.2, -0.15) is 0 Å². The minimum Gasteiger partial charge on any atom is -0.260 e. The van der Waals surface area contributed by atoms with Crippen molar-refractivity contribution in [2.75, 3.05) is 14.9 Å².